The number of nitrogens with zero attached hydrogens (tertiary/aromatic N) is 1. The molecule has 25 heavy (non-hydrogen) atoms. The van der Waals surface area contributed by atoms with E-state index in [1.54, 1.807) is 0 Å². The van der Waals surface area contributed by atoms with E-state index < -0.39 is 0 Å². The zero-order valence-electron chi connectivity index (χ0n) is 14.1. The minimum absolute atomic E-state index is 0.151. The van der Waals surface area contributed by atoms with Crippen molar-refractivity contribution in [1.29, 1.82) is 0 Å². The highest BCUT2D eigenvalue weighted by Crippen LogP contribution is 2.27. The zero-order valence-corrected chi connectivity index (χ0v) is 14.9. The summed E-state index contributed by atoms with van der Waals surface area (Å²) >= 11 is 1.45. The fraction of sp³-hybridized carbons (Fsp3) is 0.211. The van der Waals surface area contributed by atoms with Crippen LogP contribution in [0.15, 0.2) is 48.5 Å². The van der Waals surface area contributed by atoms with Gasteiger partial charge in [0.05, 0.1) is 22.7 Å². The summed E-state index contributed by atoms with van der Waals surface area (Å²) in [7, 11) is 0. The van der Waals surface area contributed by atoms with E-state index in [0.717, 1.165) is 21.3 Å². The van der Waals surface area contributed by atoms with Crippen molar-refractivity contribution < 1.29 is 9.59 Å². The van der Waals surface area contributed by atoms with Crippen LogP contribution in [-0.4, -0.2) is 16.8 Å². The van der Waals surface area contributed by atoms with Crippen molar-refractivity contribution in [2.75, 3.05) is 5.32 Å². The minimum atomic E-state index is -0.365. The number of aryl methyl sites for hydroxylation is 1. The summed E-state index contributed by atoms with van der Waals surface area (Å²) in [5, 5.41) is 6.24. The van der Waals surface area contributed by atoms with Crippen LogP contribution >= 0.6 is 11.3 Å². The Kier molecular flexibility index (Phi) is 5.09. The van der Waals surface area contributed by atoms with E-state index in [9.17, 15) is 9.59 Å². The van der Waals surface area contributed by atoms with Crippen LogP contribution in [0.25, 0.3) is 10.2 Å². The topological polar surface area (TPSA) is 71.1 Å². The molecule has 2 amide bonds. The molecule has 128 valence electrons. The average molecular weight is 353 g/mol. The van der Waals surface area contributed by atoms with Crippen LogP contribution in [0.4, 0.5) is 5.13 Å². The van der Waals surface area contributed by atoms with Crippen LogP contribution in [0.1, 0.15) is 30.5 Å². The second kappa shape index (κ2) is 7.44. The monoisotopic (exact) mass is 353 g/mol. The third kappa shape index (κ3) is 4.42. The third-order valence-corrected chi connectivity index (χ3v) is 4.69. The van der Waals surface area contributed by atoms with E-state index in [-0.39, 0.29) is 24.3 Å². The Balaban J connectivity index is 1.73. The first kappa shape index (κ1) is 17.1. The van der Waals surface area contributed by atoms with E-state index in [1.165, 1.54) is 18.3 Å². The van der Waals surface area contributed by atoms with Gasteiger partial charge in [-0.05, 0) is 30.2 Å². The maximum atomic E-state index is 12.4. The Bertz CT molecular complexity index is 905. The number of nitrogens with one attached hydrogen (secondary N) is 2. The fourth-order valence-corrected chi connectivity index (χ4v) is 3.60. The molecule has 0 bridgehead atoms. The summed E-state index contributed by atoms with van der Waals surface area (Å²) in [5.41, 5.74) is 2.92. The molecule has 0 aliphatic rings. The molecule has 3 aromatic rings. The smallest absolute Gasteiger partial charge is 0.228 e. The van der Waals surface area contributed by atoms with Gasteiger partial charge in [-0.1, -0.05) is 47.7 Å². The van der Waals surface area contributed by atoms with Gasteiger partial charge in [0.25, 0.3) is 0 Å². The normalized spacial score (nSPS) is 11.9. The molecular formula is C19H19N3O2S. The summed E-state index contributed by atoms with van der Waals surface area (Å²) in [6.45, 7) is 3.47. The van der Waals surface area contributed by atoms with Crippen LogP contribution in [0.2, 0.25) is 0 Å². The lowest BCUT2D eigenvalue weighted by atomic mass is 10.0. The standard InChI is InChI=1S/C19H19N3O2S/c1-12-8-9-15-17(10-12)25-19(21-15)22-18(24)11-16(20-13(2)23)14-6-4-3-5-7-14/h3-10,16H,11H2,1-2H3,(H,20,23)(H,21,22,24). The molecule has 0 fully saturated rings. The number of carbonyl (C=O) groups is 2. The van der Waals surface area contributed by atoms with Gasteiger partial charge in [-0.25, -0.2) is 4.98 Å². The highest BCUT2D eigenvalue weighted by molar-refractivity contribution is 7.22. The molecule has 1 heterocycles. The van der Waals surface area contributed by atoms with Gasteiger partial charge < -0.3 is 10.6 Å². The largest absolute Gasteiger partial charge is 0.349 e. The molecule has 2 aromatic carbocycles. The molecule has 5 nitrogen and oxygen atoms in total. The summed E-state index contributed by atoms with van der Waals surface area (Å²) in [4.78, 5) is 28.3. The first-order valence-electron chi connectivity index (χ1n) is 8.00. The van der Waals surface area contributed by atoms with Gasteiger partial charge in [0.15, 0.2) is 5.13 Å². The molecule has 0 saturated carbocycles. The van der Waals surface area contributed by atoms with Crippen molar-refractivity contribution in [3.05, 3.63) is 59.7 Å². The number of anilines is 1. The van der Waals surface area contributed by atoms with Crippen LogP contribution in [-0.2, 0) is 9.59 Å². The maximum Gasteiger partial charge on any atom is 0.228 e. The summed E-state index contributed by atoms with van der Waals surface area (Å²) in [6, 6.07) is 15.1. The van der Waals surface area contributed by atoms with Crippen LogP contribution in [0.3, 0.4) is 0 Å². The van der Waals surface area contributed by atoms with Gasteiger partial charge in [0, 0.05) is 6.92 Å². The van der Waals surface area contributed by atoms with Crippen molar-refractivity contribution >= 4 is 38.5 Å². The number of carbonyl (C=O) groups excluding carboxylic acids is 2. The Labute approximate surface area is 150 Å². The second-order valence-electron chi connectivity index (χ2n) is 5.91. The van der Waals surface area contributed by atoms with Crippen molar-refractivity contribution in [2.45, 2.75) is 26.3 Å². The number of benzene rings is 2. The number of fused-ring (bicyclic) bond motifs is 1. The molecule has 1 aromatic heterocycles. The van der Waals surface area contributed by atoms with Crippen molar-refractivity contribution in [2.24, 2.45) is 0 Å². The first-order valence-corrected chi connectivity index (χ1v) is 8.82. The van der Waals surface area contributed by atoms with Crippen molar-refractivity contribution in [3.63, 3.8) is 0 Å². The predicted octanol–water partition coefficient (Wildman–Crippen LogP) is 3.81. The molecule has 6 heteroatoms. The molecule has 1 atom stereocenters. The molecule has 0 aliphatic carbocycles. The van der Waals surface area contributed by atoms with E-state index in [1.807, 2.05) is 55.5 Å². The summed E-state index contributed by atoms with van der Waals surface area (Å²) in [6.07, 6.45) is 0.151. The van der Waals surface area contributed by atoms with E-state index in [4.69, 9.17) is 0 Å². The zero-order chi connectivity index (χ0) is 17.8. The van der Waals surface area contributed by atoms with Gasteiger partial charge in [-0.15, -0.1) is 0 Å². The number of aromatic nitrogens is 1. The highest BCUT2D eigenvalue weighted by Gasteiger charge is 2.18. The molecule has 1 unspecified atom stereocenters. The van der Waals surface area contributed by atoms with Gasteiger partial charge >= 0.3 is 0 Å². The molecule has 0 saturated heterocycles. The summed E-state index contributed by atoms with van der Waals surface area (Å²) < 4.78 is 1.04. The Morgan fingerprint density at radius 1 is 1.16 bits per heavy atom. The highest BCUT2D eigenvalue weighted by atomic mass is 32.1. The van der Waals surface area contributed by atoms with Crippen LogP contribution in [0, 0.1) is 6.92 Å². The number of rotatable bonds is 5. The SMILES string of the molecule is CC(=O)NC(CC(=O)Nc1nc2ccc(C)cc2s1)c1ccccc1. The van der Waals surface area contributed by atoms with E-state index in [0.29, 0.717) is 5.13 Å². The van der Waals surface area contributed by atoms with Gasteiger partial charge in [0.1, 0.15) is 0 Å². The van der Waals surface area contributed by atoms with Crippen molar-refractivity contribution in [3.8, 4) is 0 Å². The Morgan fingerprint density at radius 3 is 2.64 bits per heavy atom. The third-order valence-electron chi connectivity index (χ3n) is 3.76. The van der Waals surface area contributed by atoms with Gasteiger partial charge in [-0.3, -0.25) is 9.59 Å². The van der Waals surface area contributed by atoms with Crippen LogP contribution in [0.5, 0.6) is 0 Å². The van der Waals surface area contributed by atoms with E-state index in [2.05, 4.69) is 15.6 Å². The second-order valence-corrected chi connectivity index (χ2v) is 6.94. The molecule has 0 spiro atoms. The lowest BCUT2D eigenvalue weighted by molar-refractivity contribution is -0.120. The lowest BCUT2D eigenvalue weighted by Gasteiger charge is -2.17. The average Bonchev–Trinajstić information content (AvgIpc) is 2.95. The van der Waals surface area contributed by atoms with E-state index >= 15 is 0 Å². The number of thiazole rings is 1. The van der Waals surface area contributed by atoms with Gasteiger partial charge in [-0.2, -0.15) is 0 Å². The molecule has 2 N–H and O–H groups in total. The maximum absolute atomic E-state index is 12.4. The molecular weight excluding hydrogens is 334 g/mol. The molecule has 0 aliphatic heterocycles. The fourth-order valence-electron chi connectivity index (χ4n) is 2.62. The number of hydrogen-bond acceptors (Lipinski definition) is 4. The summed E-state index contributed by atoms with van der Waals surface area (Å²) in [5.74, 6) is -0.351. The minimum Gasteiger partial charge on any atom is -0.349 e. The number of hydrogen-bond donors (Lipinski definition) is 2. The van der Waals surface area contributed by atoms with Crippen LogP contribution < -0.4 is 10.6 Å². The molecule has 3 rings (SSSR count). The van der Waals surface area contributed by atoms with Gasteiger partial charge in [0.2, 0.25) is 11.8 Å². The first-order chi connectivity index (χ1) is 12.0. The quantitative estimate of drug-likeness (QED) is 0.733. The van der Waals surface area contributed by atoms with Crippen molar-refractivity contribution in [1.82, 2.24) is 10.3 Å². The lowest BCUT2D eigenvalue weighted by Crippen LogP contribution is -2.29. The molecule has 0 radical (unpaired) electrons. The predicted molar refractivity (Wildman–Crippen MR) is 101 cm³/mol. The number of amides is 2. The Hall–Kier alpha value is -2.73. The Morgan fingerprint density at radius 2 is 1.92 bits per heavy atom.